The maximum absolute atomic E-state index is 13.9. The Morgan fingerprint density at radius 1 is 1.27 bits per heavy atom. The fourth-order valence-electron chi connectivity index (χ4n) is 3.49. The van der Waals surface area contributed by atoms with Gasteiger partial charge in [-0.1, -0.05) is 18.2 Å². The molecule has 0 spiro atoms. The molecule has 6 nitrogen and oxygen atoms in total. The molecule has 0 aliphatic carbocycles. The minimum absolute atomic E-state index is 0.267. The van der Waals surface area contributed by atoms with Crippen LogP contribution >= 0.6 is 11.3 Å². The van der Waals surface area contributed by atoms with Gasteiger partial charge < -0.3 is 0 Å². The van der Waals surface area contributed by atoms with E-state index in [0.29, 0.717) is 41.3 Å². The Morgan fingerprint density at radius 3 is 2.77 bits per heavy atom. The Hall–Kier alpha value is -2.78. The molecule has 1 N–H and O–H groups in total. The largest absolute Gasteiger partial charge is 0.298 e. The zero-order chi connectivity index (χ0) is 21.5. The molecule has 0 radical (unpaired) electrons. The standard InChI is InChI=1S/C21H20FN3O3S2/c1-13-19(12-14-5-3-4-6-17(14)22)29-21(23-13)24-20(26)16-7-8-18-15(11-16)9-10-25(18)30(2,27)28/h3-8,11H,9-10,12H2,1-2H3,(H,23,24,26). The molecule has 156 valence electrons. The van der Waals surface area contributed by atoms with Gasteiger partial charge >= 0.3 is 0 Å². The van der Waals surface area contributed by atoms with Crippen molar-refractivity contribution < 1.29 is 17.6 Å². The molecule has 1 aliphatic rings. The average molecular weight is 446 g/mol. The minimum atomic E-state index is -3.33. The number of amides is 1. The fraction of sp³-hybridized carbons (Fsp3) is 0.238. The lowest BCUT2D eigenvalue weighted by molar-refractivity contribution is 0.102. The van der Waals surface area contributed by atoms with Crippen molar-refractivity contribution in [2.75, 3.05) is 22.4 Å². The van der Waals surface area contributed by atoms with E-state index in [2.05, 4.69) is 10.3 Å². The number of benzene rings is 2. The van der Waals surface area contributed by atoms with Crippen molar-refractivity contribution >= 4 is 38.1 Å². The maximum atomic E-state index is 13.9. The smallest absolute Gasteiger partial charge is 0.257 e. The van der Waals surface area contributed by atoms with Crippen LogP contribution in [0.15, 0.2) is 42.5 Å². The molecule has 0 fully saturated rings. The molecular weight excluding hydrogens is 425 g/mol. The number of nitrogens with zero attached hydrogens (tertiary/aromatic N) is 2. The first kappa shape index (κ1) is 20.5. The summed E-state index contributed by atoms with van der Waals surface area (Å²) in [7, 11) is -3.33. The van der Waals surface area contributed by atoms with Crippen molar-refractivity contribution in [2.24, 2.45) is 0 Å². The van der Waals surface area contributed by atoms with Crippen molar-refractivity contribution in [1.29, 1.82) is 0 Å². The number of aromatic nitrogens is 1. The number of fused-ring (bicyclic) bond motifs is 1. The minimum Gasteiger partial charge on any atom is -0.298 e. The summed E-state index contributed by atoms with van der Waals surface area (Å²) in [5.41, 5.74) is 3.20. The molecule has 1 aliphatic heterocycles. The number of anilines is 2. The van der Waals surface area contributed by atoms with Crippen LogP contribution in [0, 0.1) is 12.7 Å². The summed E-state index contributed by atoms with van der Waals surface area (Å²) in [5, 5.41) is 3.24. The summed E-state index contributed by atoms with van der Waals surface area (Å²) in [6.45, 7) is 2.21. The molecule has 1 amide bonds. The van der Waals surface area contributed by atoms with Crippen molar-refractivity contribution in [3.63, 3.8) is 0 Å². The van der Waals surface area contributed by atoms with Crippen LogP contribution in [-0.4, -0.2) is 32.1 Å². The van der Waals surface area contributed by atoms with Gasteiger partial charge in [0.2, 0.25) is 10.0 Å². The number of thiazole rings is 1. The zero-order valence-corrected chi connectivity index (χ0v) is 18.1. The summed E-state index contributed by atoms with van der Waals surface area (Å²) in [5.74, 6) is -0.584. The Bertz CT molecular complexity index is 1240. The van der Waals surface area contributed by atoms with Crippen LogP contribution in [-0.2, 0) is 22.9 Å². The Kier molecular flexibility index (Phi) is 5.33. The van der Waals surface area contributed by atoms with Gasteiger partial charge in [-0.05, 0) is 48.7 Å². The van der Waals surface area contributed by atoms with Gasteiger partial charge in [0.25, 0.3) is 5.91 Å². The van der Waals surface area contributed by atoms with Crippen LogP contribution < -0.4 is 9.62 Å². The summed E-state index contributed by atoms with van der Waals surface area (Å²) >= 11 is 1.32. The van der Waals surface area contributed by atoms with E-state index in [1.165, 1.54) is 28.0 Å². The van der Waals surface area contributed by atoms with Crippen molar-refractivity contribution in [2.45, 2.75) is 19.8 Å². The highest BCUT2D eigenvalue weighted by molar-refractivity contribution is 7.92. The number of rotatable bonds is 5. The molecule has 1 aromatic heterocycles. The third kappa shape index (κ3) is 4.08. The van der Waals surface area contributed by atoms with Gasteiger partial charge in [-0.2, -0.15) is 0 Å². The van der Waals surface area contributed by atoms with E-state index in [1.54, 1.807) is 36.4 Å². The maximum Gasteiger partial charge on any atom is 0.257 e. The van der Waals surface area contributed by atoms with Crippen LogP contribution in [0.25, 0.3) is 0 Å². The molecule has 0 bridgehead atoms. The third-order valence-corrected chi connectivity index (χ3v) is 7.27. The van der Waals surface area contributed by atoms with Crippen LogP contribution in [0.1, 0.15) is 32.1 Å². The van der Waals surface area contributed by atoms with Crippen LogP contribution in [0.4, 0.5) is 15.2 Å². The predicted octanol–water partition coefficient (Wildman–Crippen LogP) is 3.76. The zero-order valence-electron chi connectivity index (χ0n) is 16.5. The predicted molar refractivity (Wildman–Crippen MR) is 116 cm³/mol. The van der Waals surface area contributed by atoms with Gasteiger partial charge in [-0.25, -0.2) is 17.8 Å². The highest BCUT2D eigenvalue weighted by Crippen LogP contribution is 2.31. The highest BCUT2D eigenvalue weighted by atomic mass is 32.2. The number of carbonyl (C=O) groups is 1. The van der Waals surface area contributed by atoms with Gasteiger partial charge in [0.05, 0.1) is 17.6 Å². The van der Waals surface area contributed by atoms with Gasteiger partial charge in [0.1, 0.15) is 5.82 Å². The summed E-state index contributed by atoms with van der Waals surface area (Å²) < 4.78 is 39.0. The lowest BCUT2D eigenvalue weighted by Gasteiger charge is -2.16. The molecule has 9 heteroatoms. The topological polar surface area (TPSA) is 79.4 Å². The third-order valence-electron chi connectivity index (χ3n) is 5.02. The summed E-state index contributed by atoms with van der Waals surface area (Å²) in [6.07, 6.45) is 2.14. The van der Waals surface area contributed by atoms with Gasteiger partial charge in [-0.3, -0.25) is 14.4 Å². The van der Waals surface area contributed by atoms with Gasteiger partial charge in [0.15, 0.2) is 5.13 Å². The number of hydrogen-bond acceptors (Lipinski definition) is 5. The molecule has 2 heterocycles. The van der Waals surface area contributed by atoms with Crippen LogP contribution in [0.5, 0.6) is 0 Å². The molecule has 30 heavy (non-hydrogen) atoms. The molecule has 0 saturated carbocycles. The van der Waals surface area contributed by atoms with E-state index in [4.69, 9.17) is 0 Å². The first-order valence-electron chi connectivity index (χ1n) is 9.34. The highest BCUT2D eigenvalue weighted by Gasteiger charge is 2.27. The monoisotopic (exact) mass is 445 g/mol. The lowest BCUT2D eigenvalue weighted by atomic mass is 10.1. The molecular formula is C21H20FN3O3S2. The van der Waals surface area contributed by atoms with E-state index in [-0.39, 0.29) is 11.7 Å². The van der Waals surface area contributed by atoms with Gasteiger partial charge in [-0.15, -0.1) is 11.3 Å². The number of sulfonamides is 1. The van der Waals surface area contributed by atoms with Crippen molar-refractivity contribution in [3.8, 4) is 0 Å². The first-order valence-corrected chi connectivity index (χ1v) is 12.0. The average Bonchev–Trinajstić information content (AvgIpc) is 3.26. The van der Waals surface area contributed by atoms with Crippen LogP contribution in [0.3, 0.4) is 0 Å². The van der Waals surface area contributed by atoms with E-state index in [9.17, 15) is 17.6 Å². The molecule has 4 rings (SSSR count). The normalized spacial score (nSPS) is 13.4. The Morgan fingerprint density at radius 2 is 2.03 bits per heavy atom. The Balaban J connectivity index is 1.51. The molecule has 0 saturated heterocycles. The summed E-state index contributed by atoms with van der Waals surface area (Å²) in [4.78, 5) is 18.0. The van der Waals surface area contributed by atoms with Gasteiger partial charge in [0, 0.05) is 23.4 Å². The number of aryl methyl sites for hydroxylation is 1. The van der Waals surface area contributed by atoms with E-state index in [0.717, 1.165) is 16.1 Å². The van der Waals surface area contributed by atoms with Crippen molar-refractivity contribution in [3.05, 3.63) is 75.5 Å². The van der Waals surface area contributed by atoms with E-state index < -0.39 is 10.0 Å². The second-order valence-electron chi connectivity index (χ2n) is 7.18. The fourth-order valence-corrected chi connectivity index (χ4v) is 5.43. The SMILES string of the molecule is Cc1nc(NC(=O)c2ccc3c(c2)CCN3S(C)(=O)=O)sc1Cc1ccccc1F. The molecule has 2 aromatic carbocycles. The number of carbonyl (C=O) groups excluding carboxylic acids is 1. The van der Waals surface area contributed by atoms with E-state index in [1.807, 2.05) is 6.92 Å². The number of halogens is 1. The molecule has 0 atom stereocenters. The first-order chi connectivity index (χ1) is 14.2. The van der Waals surface area contributed by atoms with Crippen LogP contribution in [0.2, 0.25) is 0 Å². The van der Waals surface area contributed by atoms with E-state index >= 15 is 0 Å². The second kappa shape index (κ2) is 7.81. The number of nitrogens with one attached hydrogen (secondary N) is 1. The molecule has 0 unspecified atom stereocenters. The second-order valence-corrected chi connectivity index (χ2v) is 10.2. The lowest BCUT2D eigenvalue weighted by Crippen LogP contribution is -2.27. The summed E-state index contributed by atoms with van der Waals surface area (Å²) in [6, 6.07) is 11.6. The number of hydrogen-bond donors (Lipinski definition) is 1. The quantitative estimate of drug-likeness (QED) is 0.649. The molecule has 3 aromatic rings. The Labute approximate surface area is 178 Å². The van der Waals surface area contributed by atoms with Crippen molar-refractivity contribution in [1.82, 2.24) is 4.98 Å².